The van der Waals surface area contributed by atoms with Crippen LogP contribution in [0.3, 0.4) is 0 Å². The summed E-state index contributed by atoms with van der Waals surface area (Å²) in [6.45, 7) is 6.84. The van der Waals surface area contributed by atoms with Gasteiger partial charge in [0.2, 0.25) is 0 Å². The molecule has 1 amide bonds. The molecule has 6 heteroatoms. The molecule has 0 aromatic carbocycles. The first kappa shape index (κ1) is 15.3. The third kappa shape index (κ3) is 3.49. The van der Waals surface area contributed by atoms with Crippen LogP contribution in [0.15, 0.2) is 22.1 Å². The first-order valence-corrected chi connectivity index (χ1v) is 8.27. The molecule has 108 valence electrons. The number of hydrogen-bond acceptors (Lipinski definition) is 3. The number of rotatable bonds is 5. The fraction of sp³-hybridized carbons (Fsp3) is 0.429. The lowest BCUT2D eigenvalue weighted by Crippen LogP contribution is -2.28. The highest BCUT2D eigenvalue weighted by Crippen LogP contribution is 2.20. The number of carbonyl (C=O) groups is 1. The van der Waals surface area contributed by atoms with E-state index in [0.717, 1.165) is 28.1 Å². The fourth-order valence-electron chi connectivity index (χ4n) is 1.99. The van der Waals surface area contributed by atoms with Gasteiger partial charge in [-0.2, -0.15) is 0 Å². The monoisotopic (exact) mass is 355 g/mol. The van der Waals surface area contributed by atoms with Crippen LogP contribution in [0.2, 0.25) is 0 Å². The Kier molecular flexibility index (Phi) is 4.99. The van der Waals surface area contributed by atoms with Crippen molar-refractivity contribution < 1.29 is 4.79 Å². The van der Waals surface area contributed by atoms with Crippen molar-refractivity contribution in [1.29, 1.82) is 0 Å². The van der Waals surface area contributed by atoms with Crippen LogP contribution in [-0.2, 0) is 6.54 Å². The molecule has 1 atom stereocenters. The van der Waals surface area contributed by atoms with Gasteiger partial charge in [0.15, 0.2) is 0 Å². The Bertz CT molecular complexity index is 605. The molecule has 0 aliphatic heterocycles. The lowest BCUT2D eigenvalue weighted by molar-refractivity contribution is 0.0930. The lowest BCUT2D eigenvalue weighted by atomic mass is 10.3. The first-order chi connectivity index (χ1) is 9.51. The van der Waals surface area contributed by atoms with Gasteiger partial charge in [0, 0.05) is 28.3 Å². The van der Waals surface area contributed by atoms with Crippen LogP contribution in [0.25, 0.3) is 0 Å². The zero-order valence-electron chi connectivity index (χ0n) is 11.8. The van der Waals surface area contributed by atoms with Crippen molar-refractivity contribution in [3.63, 3.8) is 0 Å². The van der Waals surface area contributed by atoms with Gasteiger partial charge in [0.25, 0.3) is 5.91 Å². The first-order valence-electron chi connectivity index (χ1n) is 6.59. The molecule has 2 aromatic heterocycles. The number of amides is 1. The molecule has 0 radical (unpaired) electrons. The topological polar surface area (TPSA) is 46.9 Å². The van der Waals surface area contributed by atoms with Gasteiger partial charge in [-0.15, -0.1) is 11.3 Å². The maximum absolute atomic E-state index is 12.4. The minimum Gasteiger partial charge on any atom is -0.342 e. The molecule has 0 aliphatic carbocycles. The number of nitrogens with one attached hydrogen (secondary N) is 1. The molecular formula is C14H18BrN3OS. The van der Waals surface area contributed by atoms with Gasteiger partial charge in [0.1, 0.15) is 10.7 Å². The summed E-state index contributed by atoms with van der Waals surface area (Å²) in [7, 11) is 0. The van der Waals surface area contributed by atoms with E-state index in [9.17, 15) is 4.79 Å². The molecule has 0 aliphatic rings. The Hall–Kier alpha value is -1.14. The molecule has 2 heterocycles. The van der Waals surface area contributed by atoms with E-state index in [4.69, 9.17) is 0 Å². The molecule has 4 nitrogen and oxygen atoms in total. The predicted octanol–water partition coefficient (Wildman–Crippen LogP) is 3.92. The largest absolute Gasteiger partial charge is 0.342 e. The molecule has 1 unspecified atom stereocenters. The maximum Gasteiger partial charge on any atom is 0.268 e. The van der Waals surface area contributed by atoms with Gasteiger partial charge in [-0.05, 0) is 42.3 Å². The molecule has 1 N–H and O–H groups in total. The molecule has 0 saturated heterocycles. The molecule has 0 spiro atoms. The summed E-state index contributed by atoms with van der Waals surface area (Å²) >= 11 is 5.00. The van der Waals surface area contributed by atoms with Crippen molar-refractivity contribution in [1.82, 2.24) is 14.9 Å². The average molecular weight is 356 g/mol. The zero-order chi connectivity index (χ0) is 14.7. The smallest absolute Gasteiger partial charge is 0.268 e. The van der Waals surface area contributed by atoms with E-state index >= 15 is 0 Å². The number of thiazole rings is 1. The minimum absolute atomic E-state index is 0.0653. The Balaban J connectivity index is 2.11. The Morgan fingerprint density at radius 2 is 2.35 bits per heavy atom. The van der Waals surface area contributed by atoms with E-state index in [2.05, 4.69) is 33.2 Å². The van der Waals surface area contributed by atoms with E-state index in [1.165, 1.54) is 0 Å². The normalized spacial score (nSPS) is 12.4. The number of nitrogens with zero attached hydrogens (tertiary/aromatic N) is 2. The summed E-state index contributed by atoms with van der Waals surface area (Å²) in [6.07, 6.45) is 2.93. The number of aromatic nitrogens is 2. The second-order valence-electron chi connectivity index (χ2n) is 4.76. The standard InChI is InChI=1S/C14H18BrN3OS/c1-4-5-18-7-11(15)6-12(18)13(19)17-10(3)14-16-9(2)8-20-14/h6-8,10H,4-5H2,1-3H3,(H,17,19). The van der Waals surface area contributed by atoms with Gasteiger partial charge in [-0.25, -0.2) is 4.98 Å². The molecule has 2 aromatic rings. The molecule has 20 heavy (non-hydrogen) atoms. The highest BCUT2D eigenvalue weighted by atomic mass is 79.9. The third-order valence-electron chi connectivity index (χ3n) is 2.92. The van der Waals surface area contributed by atoms with Crippen LogP contribution < -0.4 is 5.32 Å². The van der Waals surface area contributed by atoms with Crippen LogP contribution >= 0.6 is 27.3 Å². The molecular weight excluding hydrogens is 338 g/mol. The van der Waals surface area contributed by atoms with E-state index in [-0.39, 0.29) is 11.9 Å². The van der Waals surface area contributed by atoms with Gasteiger partial charge in [-0.1, -0.05) is 6.92 Å². The summed E-state index contributed by atoms with van der Waals surface area (Å²) in [5, 5.41) is 5.93. The Morgan fingerprint density at radius 3 is 2.95 bits per heavy atom. The van der Waals surface area contributed by atoms with E-state index in [1.54, 1.807) is 11.3 Å². The van der Waals surface area contributed by atoms with Gasteiger partial charge in [0.05, 0.1) is 6.04 Å². The van der Waals surface area contributed by atoms with Crippen LogP contribution in [0.1, 0.15) is 47.5 Å². The Morgan fingerprint density at radius 1 is 1.60 bits per heavy atom. The third-order valence-corrected chi connectivity index (χ3v) is 4.49. The maximum atomic E-state index is 12.4. The average Bonchev–Trinajstić information content (AvgIpc) is 2.96. The Labute approximate surface area is 131 Å². The fourth-order valence-corrected chi connectivity index (χ4v) is 3.26. The second kappa shape index (κ2) is 6.54. The second-order valence-corrected chi connectivity index (χ2v) is 6.56. The van der Waals surface area contributed by atoms with Crippen LogP contribution in [0.5, 0.6) is 0 Å². The van der Waals surface area contributed by atoms with E-state index in [1.807, 2.05) is 36.1 Å². The summed E-state index contributed by atoms with van der Waals surface area (Å²) in [4.78, 5) is 16.8. The van der Waals surface area contributed by atoms with Crippen LogP contribution in [-0.4, -0.2) is 15.5 Å². The highest BCUT2D eigenvalue weighted by Gasteiger charge is 2.17. The zero-order valence-corrected chi connectivity index (χ0v) is 14.2. The summed E-state index contributed by atoms with van der Waals surface area (Å²) in [5.41, 5.74) is 1.67. The number of carbonyl (C=O) groups excluding carboxylic acids is 1. The van der Waals surface area contributed by atoms with Gasteiger partial charge < -0.3 is 9.88 Å². The number of halogens is 1. The highest BCUT2D eigenvalue weighted by molar-refractivity contribution is 9.10. The van der Waals surface area contributed by atoms with Crippen molar-refractivity contribution in [2.24, 2.45) is 0 Å². The quantitative estimate of drug-likeness (QED) is 0.883. The molecule has 0 bridgehead atoms. The predicted molar refractivity (Wildman–Crippen MR) is 85.2 cm³/mol. The minimum atomic E-state index is -0.0787. The molecule has 0 saturated carbocycles. The number of aryl methyl sites for hydroxylation is 2. The van der Waals surface area contributed by atoms with Crippen molar-refractivity contribution >= 4 is 33.2 Å². The summed E-state index contributed by atoms with van der Waals surface area (Å²) in [5.74, 6) is -0.0653. The van der Waals surface area contributed by atoms with Crippen molar-refractivity contribution in [2.75, 3.05) is 0 Å². The summed E-state index contributed by atoms with van der Waals surface area (Å²) in [6, 6.07) is 1.77. The molecule has 0 fully saturated rings. The van der Waals surface area contributed by atoms with Gasteiger partial charge >= 0.3 is 0 Å². The van der Waals surface area contributed by atoms with Crippen molar-refractivity contribution in [3.8, 4) is 0 Å². The number of hydrogen-bond donors (Lipinski definition) is 1. The van der Waals surface area contributed by atoms with Gasteiger partial charge in [-0.3, -0.25) is 4.79 Å². The van der Waals surface area contributed by atoms with Crippen LogP contribution in [0, 0.1) is 6.92 Å². The SMILES string of the molecule is CCCn1cc(Br)cc1C(=O)NC(C)c1nc(C)cs1. The van der Waals surface area contributed by atoms with E-state index < -0.39 is 0 Å². The summed E-state index contributed by atoms with van der Waals surface area (Å²) < 4.78 is 2.90. The van der Waals surface area contributed by atoms with Crippen molar-refractivity contribution in [2.45, 2.75) is 39.8 Å². The van der Waals surface area contributed by atoms with Crippen LogP contribution in [0.4, 0.5) is 0 Å². The lowest BCUT2D eigenvalue weighted by Gasteiger charge is -2.13. The molecule has 2 rings (SSSR count). The van der Waals surface area contributed by atoms with E-state index in [0.29, 0.717) is 5.69 Å². The van der Waals surface area contributed by atoms with Crippen molar-refractivity contribution in [3.05, 3.63) is 38.5 Å².